The van der Waals surface area contributed by atoms with Gasteiger partial charge < -0.3 is 15.8 Å². The van der Waals surface area contributed by atoms with E-state index in [0.717, 1.165) is 11.3 Å². The maximum Gasteiger partial charge on any atom is 0.248 e. The lowest BCUT2D eigenvalue weighted by Gasteiger charge is -2.27. The number of fused-ring (bicyclic) bond motifs is 1. The van der Waals surface area contributed by atoms with Gasteiger partial charge in [0, 0.05) is 5.70 Å². The smallest absolute Gasteiger partial charge is 0.248 e. The summed E-state index contributed by atoms with van der Waals surface area (Å²) in [5, 5.41) is 7.27. The molecule has 3 rings (SSSR count). The SMILES string of the molecule is CC1=C(C(N)=O)C(c2ccc(OC(C)C)cc2)n2ncnc2N1. The van der Waals surface area contributed by atoms with Crippen LogP contribution in [-0.2, 0) is 4.79 Å². The first-order valence-electron chi connectivity index (χ1n) is 7.41. The summed E-state index contributed by atoms with van der Waals surface area (Å²) in [5.41, 5.74) is 7.63. The van der Waals surface area contributed by atoms with Gasteiger partial charge >= 0.3 is 0 Å². The van der Waals surface area contributed by atoms with Crippen molar-refractivity contribution in [3.05, 3.63) is 47.4 Å². The molecule has 0 radical (unpaired) electrons. The van der Waals surface area contributed by atoms with Gasteiger partial charge in [0.05, 0.1) is 11.7 Å². The van der Waals surface area contributed by atoms with Crippen LogP contribution in [0.15, 0.2) is 41.9 Å². The van der Waals surface area contributed by atoms with Crippen LogP contribution >= 0.6 is 0 Å². The van der Waals surface area contributed by atoms with Gasteiger partial charge in [0.25, 0.3) is 0 Å². The molecule has 1 aromatic carbocycles. The van der Waals surface area contributed by atoms with Crippen molar-refractivity contribution in [3.63, 3.8) is 0 Å². The Morgan fingerprint density at radius 2 is 2.04 bits per heavy atom. The molecule has 1 amide bonds. The summed E-state index contributed by atoms with van der Waals surface area (Å²) in [7, 11) is 0. The van der Waals surface area contributed by atoms with E-state index in [9.17, 15) is 4.79 Å². The Morgan fingerprint density at radius 1 is 1.35 bits per heavy atom. The van der Waals surface area contributed by atoms with Gasteiger partial charge in [-0.2, -0.15) is 10.1 Å². The molecule has 1 aliphatic rings. The third-order valence-electron chi connectivity index (χ3n) is 3.63. The van der Waals surface area contributed by atoms with E-state index in [1.807, 2.05) is 45.0 Å². The molecule has 120 valence electrons. The van der Waals surface area contributed by atoms with Gasteiger partial charge in [-0.15, -0.1) is 0 Å². The van der Waals surface area contributed by atoms with Gasteiger partial charge in [0.15, 0.2) is 0 Å². The topological polar surface area (TPSA) is 95.1 Å². The molecule has 0 fully saturated rings. The van der Waals surface area contributed by atoms with Crippen LogP contribution in [0.1, 0.15) is 32.4 Å². The molecule has 0 spiro atoms. The van der Waals surface area contributed by atoms with Crippen molar-refractivity contribution in [2.45, 2.75) is 32.9 Å². The van der Waals surface area contributed by atoms with Gasteiger partial charge in [-0.3, -0.25) is 4.79 Å². The summed E-state index contributed by atoms with van der Waals surface area (Å²) in [6.45, 7) is 5.75. The quantitative estimate of drug-likeness (QED) is 0.898. The molecule has 1 unspecified atom stereocenters. The van der Waals surface area contributed by atoms with E-state index >= 15 is 0 Å². The number of primary amides is 1. The summed E-state index contributed by atoms with van der Waals surface area (Å²) >= 11 is 0. The zero-order chi connectivity index (χ0) is 16.6. The van der Waals surface area contributed by atoms with E-state index in [0.29, 0.717) is 17.2 Å². The fourth-order valence-electron chi connectivity index (χ4n) is 2.72. The van der Waals surface area contributed by atoms with Gasteiger partial charge in [0.2, 0.25) is 11.9 Å². The van der Waals surface area contributed by atoms with Crippen molar-refractivity contribution in [2.75, 3.05) is 5.32 Å². The fraction of sp³-hybridized carbons (Fsp3) is 0.312. The van der Waals surface area contributed by atoms with E-state index in [1.165, 1.54) is 6.33 Å². The lowest BCUT2D eigenvalue weighted by molar-refractivity contribution is -0.115. The Bertz CT molecular complexity index is 761. The number of carbonyl (C=O) groups excluding carboxylic acids is 1. The lowest BCUT2D eigenvalue weighted by atomic mass is 9.95. The van der Waals surface area contributed by atoms with Crippen LogP contribution in [0.3, 0.4) is 0 Å². The van der Waals surface area contributed by atoms with Crippen LogP contribution in [0.5, 0.6) is 5.75 Å². The van der Waals surface area contributed by atoms with E-state index < -0.39 is 11.9 Å². The minimum Gasteiger partial charge on any atom is -0.491 e. The second kappa shape index (κ2) is 5.75. The summed E-state index contributed by atoms with van der Waals surface area (Å²) in [6, 6.07) is 7.17. The number of hydrogen-bond acceptors (Lipinski definition) is 5. The molecule has 0 aliphatic carbocycles. The average molecular weight is 313 g/mol. The first kappa shape index (κ1) is 15.1. The largest absolute Gasteiger partial charge is 0.491 e. The fourth-order valence-corrected chi connectivity index (χ4v) is 2.72. The van der Waals surface area contributed by atoms with Gasteiger partial charge in [-0.25, -0.2) is 4.68 Å². The van der Waals surface area contributed by atoms with E-state index in [1.54, 1.807) is 4.68 Å². The van der Waals surface area contributed by atoms with Crippen molar-refractivity contribution in [1.82, 2.24) is 14.8 Å². The second-order valence-electron chi connectivity index (χ2n) is 5.69. The molecule has 2 heterocycles. The summed E-state index contributed by atoms with van der Waals surface area (Å²) in [6.07, 6.45) is 1.55. The average Bonchev–Trinajstić information content (AvgIpc) is 2.93. The Kier molecular flexibility index (Phi) is 3.77. The molecule has 0 bridgehead atoms. The molecule has 1 atom stereocenters. The number of nitrogens with zero attached hydrogens (tertiary/aromatic N) is 3. The molecule has 0 saturated carbocycles. The maximum atomic E-state index is 11.9. The van der Waals surface area contributed by atoms with E-state index in [2.05, 4.69) is 15.4 Å². The molecule has 23 heavy (non-hydrogen) atoms. The standard InChI is InChI=1S/C16H19N5O2/c1-9(2)23-12-6-4-11(5-7-12)14-13(15(17)22)10(3)20-16-18-8-19-21(14)16/h4-9,14H,1-3H3,(H2,17,22)(H,18,19,20). The zero-order valence-corrected chi connectivity index (χ0v) is 13.3. The van der Waals surface area contributed by atoms with Crippen LogP contribution in [0.4, 0.5) is 5.95 Å². The molecule has 3 N–H and O–H groups in total. The van der Waals surface area contributed by atoms with Gasteiger partial charge in [-0.05, 0) is 38.5 Å². The van der Waals surface area contributed by atoms with E-state index in [-0.39, 0.29) is 6.10 Å². The minimum atomic E-state index is -0.483. The van der Waals surface area contributed by atoms with Crippen molar-refractivity contribution in [2.24, 2.45) is 5.73 Å². The molecule has 1 aromatic heterocycles. The van der Waals surface area contributed by atoms with E-state index in [4.69, 9.17) is 10.5 Å². The molecule has 7 nitrogen and oxygen atoms in total. The first-order valence-corrected chi connectivity index (χ1v) is 7.41. The lowest BCUT2D eigenvalue weighted by Crippen LogP contribution is -2.31. The highest BCUT2D eigenvalue weighted by atomic mass is 16.5. The molecule has 0 saturated heterocycles. The Hall–Kier alpha value is -2.83. The first-order chi connectivity index (χ1) is 11.0. The monoisotopic (exact) mass is 313 g/mol. The number of benzene rings is 1. The van der Waals surface area contributed by atoms with Crippen LogP contribution in [0.2, 0.25) is 0 Å². The number of amides is 1. The number of allylic oxidation sites excluding steroid dienone is 1. The Morgan fingerprint density at radius 3 is 2.65 bits per heavy atom. The number of rotatable bonds is 4. The molecule has 7 heteroatoms. The molecular formula is C16H19N5O2. The van der Waals surface area contributed by atoms with Crippen molar-refractivity contribution < 1.29 is 9.53 Å². The van der Waals surface area contributed by atoms with Gasteiger partial charge in [0.1, 0.15) is 18.1 Å². The van der Waals surface area contributed by atoms with Crippen LogP contribution in [-0.4, -0.2) is 26.8 Å². The van der Waals surface area contributed by atoms with Gasteiger partial charge in [-0.1, -0.05) is 12.1 Å². The van der Waals surface area contributed by atoms with Crippen molar-refractivity contribution in [3.8, 4) is 5.75 Å². The Labute approximate surface area is 134 Å². The normalized spacial score (nSPS) is 17.0. The summed E-state index contributed by atoms with van der Waals surface area (Å²) in [4.78, 5) is 16.1. The number of aromatic nitrogens is 3. The number of hydrogen-bond donors (Lipinski definition) is 2. The Balaban J connectivity index is 2.04. The minimum absolute atomic E-state index is 0.102. The second-order valence-corrected chi connectivity index (χ2v) is 5.69. The van der Waals surface area contributed by atoms with Crippen LogP contribution in [0.25, 0.3) is 0 Å². The number of ether oxygens (including phenoxy) is 1. The molecular weight excluding hydrogens is 294 g/mol. The summed E-state index contributed by atoms with van der Waals surface area (Å²) in [5.74, 6) is 0.876. The van der Waals surface area contributed by atoms with Crippen LogP contribution < -0.4 is 15.8 Å². The number of carbonyl (C=O) groups is 1. The number of nitrogens with one attached hydrogen (secondary N) is 1. The number of nitrogens with two attached hydrogens (primary N) is 1. The predicted molar refractivity (Wildman–Crippen MR) is 85.9 cm³/mol. The van der Waals surface area contributed by atoms with Crippen molar-refractivity contribution in [1.29, 1.82) is 0 Å². The zero-order valence-electron chi connectivity index (χ0n) is 13.3. The highest BCUT2D eigenvalue weighted by Crippen LogP contribution is 2.34. The summed E-state index contributed by atoms with van der Waals surface area (Å²) < 4.78 is 7.31. The van der Waals surface area contributed by atoms with Crippen molar-refractivity contribution >= 4 is 11.9 Å². The predicted octanol–water partition coefficient (Wildman–Crippen LogP) is 1.84. The number of anilines is 1. The molecule has 1 aliphatic heterocycles. The third kappa shape index (κ3) is 2.77. The maximum absolute atomic E-state index is 11.9. The third-order valence-corrected chi connectivity index (χ3v) is 3.63. The van der Waals surface area contributed by atoms with Crippen LogP contribution in [0, 0.1) is 0 Å². The highest BCUT2D eigenvalue weighted by molar-refractivity contribution is 5.95. The highest BCUT2D eigenvalue weighted by Gasteiger charge is 2.32. The molecule has 2 aromatic rings.